The van der Waals surface area contributed by atoms with E-state index >= 15 is 0 Å². The zero-order chi connectivity index (χ0) is 19.4. The van der Waals surface area contributed by atoms with E-state index in [4.69, 9.17) is 4.74 Å². The zero-order valence-electron chi connectivity index (χ0n) is 15.1. The molecule has 8 nitrogen and oxygen atoms in total. The van der Waals surface area contributed by atoms with Crippen LogP contribution in [0.25, 0.3) is 5.69 Å². The second-order valence-corrected chi connectivity index (χ2v) is 6.67. The molecule has 0 fully saturated rings. The highest BCUT2D eigenvalue weighted by Crippen LogP contribution is 2.31. The summed E-state index contributed by atoms with van der Waals surface area (Å²) >= 11 is 1.24. The van der Waals surface area contributed by atoms with Crippen LogP contribution in [-0.2, 0) is 4.79 Å². The number of nitrogens with one attached hydrogen (secondary N) is 2. The fourth-order valence-corrected chi connectivity index (χ4v) is 3.26. The molecule has 1 amide bonds. The van der Waals surface area contributed by atoms with Gasteiger partial charge in [0.25, 0.3) is 0 Å². The quantitative estimate of drug-likeness (QED) is 0.635. The van der Waals surface area contributed by atoms with Crippen LogP contribution >= 0.6 is 11.8 Å². The Morgan fingerprint density at radius 3 is 2.70 bits per heavy atom. The van der Waals surface area contributed by atoms with Crippen LogP contribution in [0.5, 0.6) is 5.75 Å². The Hall–Kier alpha value is -3.25. The van der Waals surface area contributed by atoms with Crippen LogP contribution in [0.15, 0.2) is 35.7 Å². The molecule has 0 unspecified atom stereocenters. The molecule has 0 bridgehead atoms. The maximum Gasteiger partial charge on any atom is 0.236 e. The Kier molecular flexibility index (Phi) is 5.47. The number of ether oxygens (including phenoxy) is 1. The van der Waals surface area contributed by atoms with E-state index in [1.165, 1.54) is 18.1 Å². The van der Waals surface area contributed by atoms with E-state index in [1.807, 2.05) is 42.7 Å². The number of methoxy groups -OCH3 is 1. The smallest absolute Gasteiger partial charge is 0.236 e. The number of carbonyl (C=O) groups is 1. The molecule has 0 aliphatic carbocycles. The molecule has 0 saturated carbocycles. The summed E-state index contributed by atoms with van der Waals surface area (Å²) in [6.07, 6.45) is 1.38. The number of nitriles is 1. The maximum absolute atomic E-state index is 12.4. The van der Waals surface area contributed by atoms with Gasteiger partial charge in [-0.15, -0.1) is 0 Å². The van der Waals surface area contributed by atoms with Crippen molar-refractivity contribution >= 4 is 23.5 Å². The topological polar surface area (TPSA) is 109 Å². The van der Waals surface area contributed by atoms with Crippen LogP contribution in [0.3, 0.4) is 0 Å². The second-order valence-electron chi connectivity index (χ2n) is 5.71. The normalized spacial score (nSPS) is 10.4. The first kappa shape index (κ1) is 18.5. The summed E-state index contributed by atoms with van der Waals surface area (Å²) in [6, 6.07) is 9.63. The number of hydrogen-bond donors (Lipinski definition) is 2. The third kappa shape index (κ3) is 3.80. The summed E-state index contributed by atoms with van der Waals surface area (Å²) < 4.78 is 7.06. The average Bonchev–Trinajstić information content (AvgIpc) is 3.28. The second kappa shape index (κ2) is 7.97. The summed E-state index contributed by atoms with van der Waals surface area (Å²) in [7, 11) is 1.60. The van der Waals surface area contributed by atoms with Crippen molar-refractivity contribution in [1.82, 2.24) is 19.7 Å². The van der Waals surface area contributed by atoms with Gasteiger partial charge in [-0.1, -0.05) is 11.8 Å². The van der Waals surface area contributed by atoms with E-state index < -0.39 is 0 Å². The average molecular weight is 382 g/mol. The number of hydrogen-bond acceptors (Lipinski definition) is 6. The van der Waals surface area contributed by atoms with Crippen molar-refractivity contribution in [2.75, 3.05) is 18.2 Å². The van der Waals surface area contributed by atoms with E-state index in [9.17, 15) is 10.1 Å². The van der Waals surface area contributed by atoms with E-state index in [0.29, 0.717) is 16.5 Å². The van der Waals surface area contributed by atoms with Crippen molar-refractivity contribution in [2.24, 2.45) is 0 Å². The van der Waals surface area contributed by atoms with Crippen molar-refractivity contribution in [3.63, 3.8) is 0 Å². The standard InChI is InChI=1S/C18H18N6O2S/c1-11-12(2)24(13-4-6-14(26-3)7-5-13)17(15(11)8-19)22-16(25)9-27-18-20-10-21-23-18/h4-7,10H,9H2,1-3H3,(H,22,25)(H,20,21,23). The SMILES string of the molecule is COc1ccc(-n2c(C)c(C)c(C#N)c2NC(=O)CSc2ncn[nH]2)cc1. The highest BCUT2D eigenvalue weighted by atomic mass is 32.2. The molecule has 0 spiro atoms. The van der Waals surface area contributed by atoms with Gasteiger partial charge in [-0.05, 0) is 43.7 Å². The van der Waals surface area contributed by atoms with Crippen LogP contribution in [0.2, 0.25) is 0 Å². The molecule has 3 rings (SSSR count). The van der Waals surface area contributed by atoms with Gasteiger partial charge in [0.2, 0.25) is 5.91 Å². The Morgan fingerprint density at radius 2 is 2.11 bits per heavy atom. The summed E-state index contributed by atoms with van der Waals surface area (Å²) in [5.41, 5.74) is 2.99. The first-order chi connectivity index (χ1) is 13.0. The Morgan fingerprint density at radius 1 is 1.37 bits per heavy atom. The number of rotatable bonds is 6. The third-order valence-electron chi connectivity index (χ3n) is 4.15. The maximum atomic E-state index is 12.4. The molecule has 1 aromatic carbocycles. The molecular weight excluding hydrogens is 364 g/mol. The first-order valence-corrected chi connectivity index (χ1v) is 9.08. The molecule has 2 heterocycles. The van der Waals surface area contributed by atoms with E-state index in [0.717, 1.165) is 22.7 Å². The zero-order valence-corrected chi connectivity index (χ0v) is 15.9. The number of amides is 1. The van der Waals surface area contributed by atoms with Crippen LogP contribution in [-0.4, -0.2) is 38.5 Å². The first-order valence-electron chi connectivity index (χ1n) is 8.09. The number of carbonyl (C=O) groups excluding carboxylic acids is 1. The molecule has 3 aromatic rings. The molecular formula is C18H18N6O2S. The van der Waals surface area contributed by atoms with Crippen molar-refractivity contribution in [2.45, 2.75) is 19.0 Å². The molecule has 27 heavy (non-hydrogen) atoms. The van der Waals surface area contributed by atoms with Crippen LogP contribution in [0, 0.1) is 25.2 Å². The van der Waals surface area contributed by atoms with E-state index in [-0.39, 0.29) is 11.7 Å². The predicted octanol–water partition coefficient (Wildman–Crippen LogP) is 2.82. The van der Waals surface area contributed by atoms with Gasteiger partial charge in [0.1, 0.15) is 24.0 Å². The molecule has 0 radical (unpaired) electrons. The number of H-pyrrole nitrogens is 1. The number of anilines is 1. The fourth-order valence-electron chi connectivity index (χ4n) is 2.68. The monoisotopic (exact) mass is 382 g/mol. The lowest BCUT2D eigenvalue weighted by atomic mass is 10.2. The molecule has 9 heteroatoms. The molecule has 0 saturated heterocycles. The highest BCUT2D eigenvalue weighted by Gasteiger charge is 2.21. The highest BCUT2D eigenvalue weighted by molar-refractivity contribution is 7.99. The number of aromatic nitrogens is 4. The van der Waals surface area contributed by atoms with Crippen LogP contribution in [0.1, 0.15) is 16.8 Å². The third-order valence-corrected chi connectivity index (χ3v) is 5.02. The minimum absolute atomic E-state index is 0.145. The molecule has 138 valence electrons. The van der Waals surface area contributed by atoms with Gasteiger partial charge in [-0.2, -0.15) is 10.4 Å². The molecule has 2 aromatic heterocycles. The Balaban J connectivity index is 1.91. The van der Waals surface area contributed by atoms with Crippen molar-refractivity contribution in [3.05, 3.63) is 47.4 Å². The summed E-state index contributed by atoms with van der Waals surface area (Å²) in [4.78, 5) is 16.4. The van der Waals surface area contributed by atoms with Gasteiger partial charge in [0.05, 0.1) is 18.4 Å². The van der Waals surface area contributed by atoms with Crippen LogP contribution < -0.4 is 10.1 Å². The predicted molar refractivity (Wildman–Crippen MR) is 102 cm³/mol. The summed E-state index contributed by atoms with van der Waals surface area (Å²) in [5, 5.41) is 19.5. The van der Waals surface area contributed by atoms with Crippen LogP contribution in [0.4, 0.5) is 5.82 Å². The largest absolute Gasteiger partial charge is 0.497 e. The van der Waals surface area contributed by atoms with Gasteiger partial charge in [-0.3, -0.25) is 14.5 Å². The van der Waals surface area contributed by atoms with Gasteiger partial charge in [0, 0.05) is 11.4 Å². The molecule has 2 N–H and O–H groups in total. The lowest BCUT2D eigenvalue weighted by Gasteiger charge is -2.13. The number of thioether (sulfide) groups is 1. The molecule has 0 aliphatic heterocycles. The number of nitrogens with zero attached hydrogens (tertiary/aromatic N) is 4. The Labute approximate surface area is 160 Å². The van der Waals surface area contributed by atoms with Gasteiger partial charge >= 0.3 is 0 Å². The lowest BCUT2D eigenvalue weighted by molar-refractivity contribution is -0.113. The summed E-state index contributed by atoms with van der Waals surface area (Å²) in [5.74, 6) is 1.10. The molecule has 0 aliphatic rings. The minimum Gasteiger partial charge on any atom is -0.497 e. The van der Waals surface area contributed by atoms with E-state index in [1.54, 1.807) is 7.11 Å². The van der Waals surface area contributed by atoms with Gasteiger partial charge < -0.3 is 10.1 Å². The fraction of sp³-hybridized carbons (Fsp3) is 0.222. The molecule has 0 atom stereocenters. The minimum atomic E-state index is -0.236. The van der Waals surface area contributed by atoms with Crippen molar-refractivity contribution < 1.29 is 9.53 Å². The van der Waals surface area contributed by atoms with Gasteiger partial charge in [-0.25, -0.2) is 4.98 Å². The van der Waals surface area contributed by atoms with Crippen molar-refractivity contribution in [1.29, 1.82) is 5.26 Å². The van der Waals surface area contributed by atoms with Gasteiger partial charge in [0.15, 0.2) is 5.16 Å². The number of benzene rings is 1. The van der Waals surface area contributed by atoms with Crippen molar-refractivity contribution in [3.8, 4) is 17.5 Å². The summed E-state index contributed by atoms with van der Waals surface area (Å²) in [6.45, 7) is 3.78. The Bertz CT molecular complexity index is 987. The number of aromatic amines is 1. The lowest BCUT2D eigenvalue weighted by Crippen LogP contribution is -2.17. The van der Waals surface area contributed by atoms with E-state index in [2.05, 4.69) is 26.6 Å².